The number of nitrogens with one attached hydrogen (secondary N) is 1. The van der Waals surface area contributed by atoms with Crippen LogP contribution in [0.3, 0.4) is 0 Å². The molecule has 0 radical (unpaired) electrons. The fraction of sp³-hybridized carbons (Fsp3) is 0.188. The molecule has 0 amide bonds. The quantitative estimate of drug-likeness (QED) is 0.560. The van der Waals surface area contributed by atoms with Gasteiger partial charge in [-0.15, -0.1) is 0 Å². The second-order valence-electron chi connectivity index (χ2n) is 5.53. The fourth-order valence-corrected chi connectivity index (χ4v) is 3.55. The van der Waals surface area contributed by atoms with Gasteiger partial charge in [0.15, 0.2) is 0 Å². The van der Waals surface area contributed by atoms with E-state index in [0.717, 1.165) is 18.2 Å². The molecule has 26 heavy (non-hydrogen) atoms. The van der Waals surface area contributed by atoms with E-state index in [2.05, 4.69) is 4.72 Å². The SMILES string of the molecule is Cc1ccc(S(=O)(=O)N[C@@H](CC(=O)O)c2ccc(F)cc2)cc1[N+](=O)[O-]. The van der Waals surface area contributed by atoms with Crippen LogP contribution in [0, 0.1) is 22.9 Å². The van der Waals surface area contributed by atoms with Gasteiger partial charge in [-0.2, -0.15) is 0 Å². The summed E-state index contributed by atoms with van der Waals surface area (Å²) in [5, 5.41) is 20.0. The first-order valence-corrected chi connectivity index (χ1v) is 8.83. The standard InChI is InChI=1S/C16H15FN2O6S/c1-10-2-7-13(8-15(10)19(22)23)26(24,25)18-14(9-16(20)21)11-3-5-12(17)6-4-11/h2-8,14,18H,9H2,1H3,(H,20,21)/t14-/m0/s1. The number of hydrogen-bond donors (Lipinski definition) is 2. The molecule has 0 unspecified atom stereocenters. The van der Waals surface area contributed by atoms with Crippen LogP contribution in [0.5, 0.6) is 0 Å². The van der Waals surface area contributed by atoms with Gasteiger partial charge in [0.1, 0.15) is 5.82 Å². The number of halogens is 1. The molecule has 0 bridgehead atoms. The van der Waals surface area contributed by atoms with Crippen LogP contribution < -0.4 is 4.72 Å². The average molecular weight is 382 g/mol. The van der Waals surface area contributed by atoms with Gasteiger partial charge in [0.05, 0.1) is 22.3 Å². The van der Waals surface area contributed by atoms with E-state index in [9.17, 15) is 27.7 Å². The molecule has 2 N–H and O–H groups in total. The van der Waals surface area contributed by atoms with Gasteiger partial charge in [-0.1, -0.05) is 18.2 Å². The average Bonchev–Trinajstić information content (AvgIpc) is 2.54. The molecule has 1 atom stereocenters. The van der Waals surface area contributed by atoms with Crippen LogP contribution in [0.1, 0.15) is 23.6 Å². The number of aryl methyl sites for hydroxylation is 1. The molecule has 0 aliphatic rings. The van der Waals surface area contributed by atoms with Crippen LogP contribution in [-0.4, -0.2) is 24.4 Å². The van der Waals surface area contributed by atoms with Gasteiger partial charge in [-0.3, -0.25) is 14.9 Å². The van der Waals surface area contributed by atoms with E-state index in [1.165, 1.54) is 31.2 Å². The fourth-order valence-electron chi connectivity index (χ4n) is 2.31. The molecule has 0 fully saturated rings. The number of benzene rings is 2. The van der Waals surface area contributed by atoms with Crippen LogP contribution in [0.25, 0.3) is 0 Å². The van der Waals surface area contributed by atoms with E-state index in [0.29, 0.717) is 0 Å². The third kappa shape index (κ3) is 4.61. The van der Waals surface area contributed by atoms with E-state index in [4.69, 9.17) is 5.11 Å². The summed E-state index contributed by atoms with van der Waals surface area (Å²) < 4.78 is 40.4. The number of nitrogens with zero attached hydrogens (tertiary/aromatic N) is 1. The van der Waals surface area contributed by atoms with Crippen LogP contribution in [0.4, 0.5) is 10.1 Å². The third-order valence-corrected chi connectivity index (χ3v) is 5.11. The second kappa shape index (κ2) is 7.58. The van der Waals surface area contributed by atoms with Crippen molar-refractivity contribution < 1.29 is 27.6 Å². The van der Waals surface area contributed by atoms with E-state index in [1.54, 1.807) is 0 Å². The molecular weight excluding hydrogens is 367 g/mol. The maximum absolute atomic E-state index is 13.1. The highest BCUT2D eigenvalue weighted by Gasteiger charge is 2.25. The van der Waals surface area contributed by atoms with Crippen molar-refractivity contribution in [2.75, 3.05) is 0 Å². The normalized spacial score (nSPS) is 12.5. The van der Waals surface area contributed by atoms with Crippen LogP contribution in [0.15, 0.2) is 47.4 Å². The summed E-state index contributed by atoms with van der Waals surface area (Å²) in [6, 6.07) is 6.90. The summed E-state index contributed by atoms with van der Waals surface area (Å²) in [5.74, 6) is -1.82. The smallest absolute Gasteiger partial charge is 0.305 e. The molecule has 8 nitrogen and oxygen atoms in total. The monoisotopic (exact) mass is 382 g/mol. The molecule has 0 aromatic heterocycles. The number of nitro benzene ring substituents is 1. The molecule has 0 saturated carbocycles. The van der Waals surface area contributed by atoms with E-state index >= 15 is 0 Å². The number of nitro groups is 1. The number of hydrogen-bond acceptors (Lipinski definition) is 5. The predicted molar refractivity (Wildman–Crippen MR) is 89.5 cm³/mol. The predicted octanol–water partition coefficient (Wildman–Crippen LogP) is 2.54. The number of carboxylic acids is 1. The minimum Gasteiger partial charge on any atom is -0.481 e. The minimum atomic E-state index is -4.25. The van der Waals surface area contributed by atoms with Gasteiger partial charge in [0.25, 0.3) is 5.69 Å². The summed E-state index contributed by atoms with van der Waals surface area (Å²) >= 11 is 0. The van der Waals surface area contributed by atoms with Crippen molar-refractivity contribution in [2.24, 2.45) is 0 Å². The zero-order valence-corrected chi connectivity index (χ0v) is 14.4. The lowest BCUT2D eigenvalue weighted by Gasteiger charge is -2.17. The number of aliphatic carboxylic acids is 1. The lowest BCUT2D eigenvalue weighted by molar-refractivity contribution is -0.385. The Morgan fingerprint density at radius 3 is 2.42 bits per heavy atom. The largest absolute Gasteiger partial charge is 0.481 e. The van der Waals surface area contributed by atoms with Gasteiger partial charge in [0, 0.05) is 11.6 Å². The summed E-state index contributed by atoms with van der Waals surface area (Å²) in [5.41, 5.74) is 0.165. The van der Waals surface area contributed by atoms with Crippen molar-refractivity contribution in [1.29, 1.82) is 0 Å². The first-order chi connectivity index (χ1) is 12.1. The van der Waals surface area contributed by atoms with Gasteiger partial charge in [-0.05, 0) is 30.7 Å². The van der Waals surface area contributed by atoms with Gasteiger partial charge in [-0.25, -0.2) is 17.5 Å². The summed E-state index contributed by atoms with van der Waals surface area (Å²) in [4.78, 5) is 21.0. The van der Waals surface area contributed by atoms with Crippen molar-refractivity contribution >= 4 is 21.7 Å². The molecule has 2 aromatic carbocycles. The summed E-state index contributed by atoms with van der Waals surface area (Å²) in [6.07, 6.45) is -0.585. The Labute approximate surface area is 148 Å². The minimum absolute atomic E-state index is 0.249. The maximum Gasteiger partial charge on any atom is 0.305 e. The molecule has 0 aliphatic carbocycles. The van der Waals surface area contributed by atoms with Gasteiger partial charge >= 0.3 is 5.97 Å². The zero-order valence-electron chi connectivity index (χ0n) is 13.5. The Kier molecular flexibility index (Phi) is 5.68. The summed E-state index contributed by atoms with van der Waals surface area (Å²) in [6.45, 7) is 1.47. The van der Waals surface area contributed by atoms with Crippen LogP contribution >= 0.6 is 0 Å². The lowest BCUT2D eigenvalue weighted by atomic mass is 10.1. The van der Waals surface area contributed by atoms with Crippen LogP contribution in [0.2, 0.25) is 0 Å². The number of carboxylic acid groups (broad SMARTS) is 1. The van der Waals surface area contributed by atoms with Crippen molar-refractivity contribution in [3.63, 3.8) is 0 Å². The zero-order chi connectivity index (χ0) is 19.5. The molecule has 0 saturated heterocycles. The number of sulfonamides is 1. The molecular formula is C16H15FN2O6S. The maximum atomic E-state index is 13.1. The lowest BCUT2D eigenvalue weighted by Crippen LogP contribution is -2.30. The molecule has 10 heteroatoms. The molecule has 0 spiro atoms. The van der Waals surface area contributed by atoms with Gasteiger partial charge in [0.2, 0.25) is 10.0 Å². The first kappa shape index (κ1) is 19.5. The Balaban J connectivity index is 2.40. The molecule has 2 rings (SSSR count). The van der Waals surface area contributed by atoms with Crippen molar-refractivity contribution in [2.45, 2.75) is 24.3 Å². The Morgan fingerprint density at radius 1 is 1.27 bits per heavy atom. The highest BCUT2D eigenvalue weighted by atomic mass is 32.2. The summed E-state index contributed by atoms with van der Waals surface area (Å²) in [7, 11) is -4.25. The van der Waals surface area contributed by atoms with Gasteiger partial charge < -0.3 is 5.11 Å². The topological polar surface area (TPSA) is 127 Å². The Morgan fingerprint density at radius 2 is 1.88 bits per heavy atom. The molecule has 2 aromatic rings. The molecule has 0 aliphatic heterocycles. The van der Waals surface area contributed by atoms with Crippen LogP contribution in [-0.2, 0) is 14.8 Å². The number of rotatable bonds is 7. The highest BCUT2D eigenvalue weighted by molar-refractivity contribution is 7.89. The van der Waals surface area contributed by atoms with E-state index in [-0.39, 0.29) is 21.7 Å². The third-order valence-electron chi connectivity index (χ3n) is 3.64. The first-order valence-electron chi connectivity index (χ1n) is 7.35. The van der Waals surface area contributed by atoms with E-state index in [1.807, 2.05) is 0 Å². The Bertz CT molecular complexity index is 944. The second-order valence-corrected chi connectivity index (χ2v) is 7.24. The van der Waals surface area contributed by atoms with Crippen molar-refractivity contribution in [3.8, 4) is 0 Å². The van der Waals surface area contributed by atoms with Crippen molar-refractivity contribution in [3.05, 3.63) is 69.5 Å². The molecule has 138 valence electrons. The Hall–Kier alpha value is -2.85. The van der Waals surface area contributed by atoms with E-state index < -0.39 is 39.2 Å². The van der Waals surface area contributed by atoms with Crippen molar-refractivity contribution in [1.82, 2.24) is 4.72 Å². The highest BCUT2D eigenvalue weighted by Crippen LogP contribution is 2.25. The molecule has 0 heterocycles. The number of carbonyl (C=O) groups is 1.